The molecule has 6 heteroatoms. The molecule has 0 atom stereocenters. The number of amides is 2. The summed E-state index contributed by atoms with van der Waals surface area (Å²) in [5.74, 6) is 0.407. The fourth-order valence-corrected chi connectivity index (χ4v) is 3.14. The number of rotatable bonds is 6. The molecule has 1 fully saturated rings. The maximum absolute atomic E-state index is 12.4. The van der Waals surface area contributed by atoms with Gasteiger partial charge in [-0.3, -0.25) is 14.3 Å². The molecule has 1 aromatic carbocycles. The van der Waals surface area contributed by atoms with Gasteiger partial charge in [-0.05, 0) is 48.6 Å². The maximum Gasteiger partial charge on any atom is 0.251 e. The molecule has 6 nitrogen and oxygen atoms in total. The predicted molar refractivity (Wildman–Crippen MR) is 94.0 cm³/mol. The standard InChI is InChI=1S/C19H20N4O2/c1-2-18(24)22(12-16-7-8-21-23(16)11-13-3-4-13)15-6-5-14-10-20-19(25)17(14)9-15/h2,5-9,13H,1,3-4,10-12H2,(H,20,25). The zero-order chi connectivity index (χ0) is 17.4. The summed E-state index contributed by atoms with van der Waals surface area (Å²) in [6, 6.07) is 7.49. The van der Waals surface area contributed by atoms with E-state index in [1.54, 1.807) is 17.2 Å². The first kappa shape index (κ1) is 15.6. The highest BCUT2D eigenvalue weighted by Gasteiger charge is 2.25. The third-order valence-corrected chi connectivity index (χ3v) is 4.78. The second-order valence-corrected chi connectivity index (χ2v) is 6.60. The fourth-order valence-electron chi connectivity index (χ4n) is 3.14. The molecule has 0 bridgehead atoms. The van der Waals surface area contributed by atoms with Gasteiger partial charge in [0.25, 0.3) is 11.8 Å². The Morgan fingerprint density at radius 1 is 1.40 bits per heavy atom. The van der Waals surface area contributed by atoms with Crippen molar-refractivity contribution in [3.05, 3.63) is 59.9 Å². The third kappa shape index (κ3) is 3.07. The lowest BCUT2D eigenvalue weighted by Crippen LogP contribution is -2.30. The molecule has 25 heavy (non-hydrogen) atoms. The highest BCUT2D eigenvalue weighted by atomic mass is 16.2. The lowest BCUT2D eigenvalue weighted by Gasteiger charge is -2.22. The summed E-state index contributed by atoms with van der Waals surface area (Å²) in [5.41, 5.74) is 3.26. The molecule has 128 valence electrons. The van der Waals surface area contributed by atoms with Crippen LogP contribution in [-0.2, 0) is 24.4 Å². The molecule has 2 aliphatic rings. The number of hydrogen-bond acceptors (Lipinski definition) is 3. The lowest BCUT2D eigenvalue weighted by atomic mass is 10.1. The fraction of sp³-hybridized carbons (Fsp3) is 0.316. The molecule has 0 radical (unpaired) electrons. The van der Waals surface area contributed by atoms with Gasteiger partial charge in [0, 0.05) is 30.5 Å². The molecule has 0 unspecified atom stereocenters. The van der Waals surface area contributed by atoms with Crippen LogP contribution in [0, 0.1) is 5.92 Å². The first-order valence-corrected chi connectivity index (χ1v) is 8.51. The van der Waals surface area contributed by atoms with E-state index in [2.05, 4.69) is 17.0 Å². The van der Waals surface area contributed by atoms with Crippen molar-refractivity contribution in [2.75, 3.05) is 4.90 Å². The van der Waals surface area contributed by atoms with Crippen molar-refractivity contribution in [3.8, 4) is 0 Å². The van der Waals surface area contributed by atoms with Crippen LogP contribution in [0.25, 0.3) is 0 Å². The monoisotopic (exact) mass is 336 g/mol. The van der Waals surface area contributed by atoms with Gasteiger partial charge in [-0.15, -0.1) is 0 Å². The van der Waals surface area contributed by atoms with E-state index in [-0.39, 0.29) is 11.8 Å². The Labute approximate surface area is 146 Å². The van der Waals surface area contributed by atoms with Crippen molar-refractivity contribution >= 4 is 17.5 Å². The summed E-state index contributed by atoms with van der Waals surface area (Å²) in [6.07, 6.45) is 5.56. The predicted octanol–water partition coefficient (Wildman–Crippen LogP) is 2.26. The highest BCUT2D eigenvalue weighted by molar-refractivity contribution is 6.03. The smallest absolute Gasteiger partial charge is 0.251 e. The molecular formula is C19H20N4O2. The van der Waals surface area contributed by atoms with Crippen molar-refractivity contribution in [3.63, 3.8) is 0 Å². The topological polar surface area (TPSA) is 67.2 Å². The van der Waals surface area contributed by atoms with Crippen LogP contribution in [0.2, 0.25) is 0 Å². The first-order valence-electron chi connectivity index (χ1n) is 8.51. The number of fused-ring (bicyclic) bond motifs is 1. The summed E-state index contributed by atoms with van der Waals surface area (Å²) in [6.45, 7) is 5.45. The number of carbonyl (C=O) groups is 2. The Morgan fingerprint density at radius 3 is 3.00 bits per heavy atom. The van der Waals surface area contributed by atoms with Crippen LogP contribution in [0.1, 0.15) is 34.5 Å². The number of anilines is 1. The number of aromatic nitrogens is 2. The second kappa shape index (κ2) is 6.20. The minimum absolute atomic E-state index is 0.0957. The van der Waals surface area contributed by atoms with Gasteiger partial charge >= 0.3 is 0 Å². The van der Waals surface area contributed by atoms with Crippen LogP contribution < -0.4 is 10.2 Å². The molecule has 2 heterocycles. The normalized spacial score (nSPS) is 15.6. The van der Waals surface area contributed by atoms with E-state index in [1.165, 1.54) is 18.9 Å². The van der Waals surface area contributed by atoms with E-state index >= 15 is 0 Å². The van der Waals surface area contributed by atoms with Crippen molar-refractivity contribution in [1.29, 1.82) is 0 Å². The summed E-state index contributed by atoms with van der Waals surface area (Å²) < 4.78 is 1.97. The van der Waals surface area contributed by atoms with Gasteiger partial charge in [0.15, 0.2) is 0 Å². The Balaban J connectivity index is 1.64. The van der Waals surface area contributed by atoms with Crippen molar-refractivity contribution in [2.45, 2.75) is 32.5 Å². The van der Waals surface area contributed by atoms with Crippen LogP contribution in [-0.4, -0.2) is 21.6 Å². The van der Waals surface area contributed by atoms with E-state index in [4.69, 9.17) is 0 Å². The third-order valence-electron chi connectivity index (χ3n) is 4.78. The average molecular weight is 336 g/mol. The van der Waals surface area contributed by atoms with Crippen molar-refractivity contribution in [1.82, 2.24) is 15.1 Å². The summed E-state index contributed by atoms with van der Waals surface area (Å²) >= 11 is 0. The molecule has 1 N–H and O–H groups in total. The van der Waals surface area contributed by atoms with E-state index < -0.39 is 0 Å². The molecule has 1 saturated carbocycles. The van der Waals surface area contributed by atoms with Crippen LogP contribution in [0.3, 0.4) is 0 Å². The van der Waals surface area contributed by atoms with E-state index in [1.807, 2.05) is 22.9 Å². The number of nitrogens with one attached hydrogen (secondary N) is 1. The van der Waals surface area contributed by atoms with Gasteiger partial charge < -0.3 is 10.2 Å². The van der Waals surface area contributed by atoms with Crippen molar-refractivity contribution in [2.24, 2.45) is 5.92 Å². The van der Waals surface area contributed by atoms with E-state index in [0.29, 0.717) is 30.3 Å². The minimum Gasteiger partial charge on any atom is -0.348 e. The molecule has 0 spiro atoms. The molecule has 2 aromatic rings. The molecule has 1 aliphatic heterocycles. The molecule has 0 saturated heterocycles. The van der Waals surface area contributed by atoms with Gasteiger partial charge in [0.2, 0.25) is 0 Å². The molecular weight excluding hydrogens is 316 g/mol. The molecule has 2 amide bonds. The average Bonchev–Trinajstić information content (AvgIpc) is 3.22. The largest absolute Gasteiger partial charge is 0.348 e. The summed E-state index contributed by atoms with van der Waals surface area (Å²) in [7, 11) is 0. The number of hydrogen-bond donors (Lipinski definition) is 1. The maximum atomic E-state index is 12.4. The minimum atomic E-state index is -0.197. The summed E-state index contributed by atoms with van der Waals surface area (Å²) in [5, 5.41) is 7.19. The molecule has 1 aliphatic carbocycles. The van der Waals surface area contributed by atoms with Crippen LogP contribution in [0.5, 0.6) is 0 Å². The van der Waals surface area contributed by atoms with Gasteiger partial charge in [0.05, 0.1) is 12.2 Å². The van der Waals surface area contributed by atoms with E-state index in [9.17, 15) is 9.59 Å². The van der Waals surface area contributed by atoms with Crippen LogP contribution in [0.4, 0.5) is 5.69 Å². The lowest BCUT2D eigenvalue weighted by molar-refractivity contribution is -0.114. The van der Waals surface area contributed by atoms with Crippen LogP contribution >= 0.6 is 0 Å². The highest BCUT2D eigenvalue weighted by Crippen LogP contribution is 2.31. The molecule has 1 aromatic heterocycles. The first-order chi connectivity index (χ1) is 12.2. The van der Waals surface area contributed by atoms with Crippen LogP contribution in [0.15, 0.2) is 43.1 Å². The number of benzene rings is 1. The summed E-state index contributed by atoms with van der Waals surface area (Å²) in [4.78, 5) is 26.0. The number of carbonyl (C=O) groups excluding carboxylic acids is 2. The molecule has 4 rings (SSSR count). The Hall–Kier alpha value is -2.89. The van der Waals surface area contributed by atoms with E-state index in [0.717, 1.165) is 17.8 Å². The second-order valence-electron chi connectivity index (χ2n) is 6.60. The van der Waals surface area contributed by atoms with Gasteiger partial charge in [0.1, 0.15) is 0 Å². The Kier molecular flexibility index (Phi) is 3.87. The van der Waals surface area contributed by atoms with Crippen molar-refractivity contribution < 1.29 is 9.59 Å². The zero-order valence-corrected chi connectivity index (χ0v) is 13.9. The van der Waals surface area contributed by atoms with Gasteiger partial charge in [-0.1, -0.05) is 12.6 Å². The number of nitrogens with zero attached hydrogens (tertiary/aromatic N) is 3. The zero-order valence-electron chi connectivity index (χ0n) is 13.9. The Morgan fingerprint density at radius 2 is 2.24 bits per heavy atom. The van der Waals surface area contributed by atoms with Gasteiger partial charge in [-0.2, -0.15) is 5.10 Å². The quantitative estimate of drug-likeness (QED) is 0.823. The SMILES string of the molecule is C=CC(=O)N(Cc1ccnn1CC1CC1)c1ccc2c(c1)C(=O)NC2. The van der Waals surface area contributed by atoms with Gasteiger partial charge in [-0.25, -0.2) is 0 Å². The Bertz CT molecular complexity index is 851.